The Morgan fingerprint density at radius 2 is 2.19 bits per heavy atom. The van der Waals surface area contributed by atoms with E-state index in [0.29, 0.717) is 16.3 Å². The molecule has 0 aromatic heterocycles. The normalized spacial score (nSPS) is 22.8. The summed E-state index contributed by atoms with van der Waals surface area (Å²) in [4.78, 5) is 20.8. The Hall–Kier alpha value is -1.26. The van der Waals surface area contributed by atoms with Crippen LogP contribution in [0, 0.1) is 0 Å². The van der Waals surface area contributed by atoms with Crippen LogP contribution in [0.25, 0.3) is 0 Å². The van der Waals surface area contributed by atoms with Crippen LogP contribution in [0.4, 0.5) is 5.69 Å². The lowest BCUT2D eigenvalue weighted by Gasteiger charge is -2.16. The molecule has 1 amide bonds. The molecule has 0 aliphatic carbocycles. The minimum absolute atomic E-state index is 0.408. The molecule has 16 heavy (non-hydrogen) atoms. The van der Waals surface area contributed by atoms with Crippen molar-refractivity contribution in [2.45, 2.75) is 11.3 Å². The monoisotopic (exact) mass is 259 g/mol. The molecule has 0 radical (unpaired) electrons. The highest BCUT2D eigenvalue weighted by Crippen LogP contribution is 2.44. The Morgan fingerprint density at radius 3 is 2.81 bits per heavy atom. The van der Waals surface area contributed by atoms with E-state index >= 15 is 0 Å². The molecular formula is C10H7Cl2NO3. The molecule has 1 aliphatic heterocycles. The first kappa shape index (κ1) is 11.2. The minimum atomic E-state index is -1.56. The summed E-state index contributed by atoms with van der Waals surface area (Å²) >= 11 is 11.9. The lowest BCUT2D eigenvalue weighted by atomic mass is 9.96. The van der Waals surface area contributed by atoms with E-state index in [4.69, 9.17) is 28.3 Å². The number of nitrogens with one attached hydrogen (secondary N) is 1. The molecule has 1 heterocycles. The van der Waals surface area contributed by atoms with Crippen molar-refractivity contribution < 1.29 is 14.7 Å². The molecule has 1 unspecified atom stereocenters. The smallest absolute Gasteiger partial charge is 0.306 e. The SMILES string of the molecule is O=C(O)CC1(Cl)C(=O)Nc2ccc(Cl)cc21. The number of anilines is 1. The molecule has 4 nitrogen and oxygen atoms in total. The number of amides is 1. The van der Waals surface area contributed by atoms with E-state index in [2.05, 4.69) is 5.32 Å². The van der Waals surface area contributed by atoms with Crippen LogP contribution < -0.4 is 5.32 Å². The van der Waals surface area contributed by atoms with E-state index in [1.165, 1.54) is 6.07 Å². The Kier molecular flexibility index (Phi) is 2.56. The van der Waals surface area contributed by atoms with Crippen LogP contribution in [0.3, 0.4) is 0 Å². The van der Waals surface area contributed by atoms with Crippen LogP contribution in [-0.2, 0) is 14.5 Å². The maximum Gasteiger partial charge on any atom is 0.306 e. The van der Waals surface area contributed by atoms with Crippen LogP contribution >= 0.6 is 23.2 Å². The molecule has 1 aromatic rings. The summed E-state index contributed by atoms with van der Waals surface area (Å²) in [6.07, 6.45) is -0.478. The van der Waals surface area contributed by atoms with E-state index < -0.39 is 23.2 Å². The molecule has 0 fully saturated rings. The summed E-state index contributed by atoms with van der Waals surface area (Å²) in [5, 5.41) is 11.7. The quantitative estimate of drug-likeness (QED) is 0.801. The number of hydrogen-bond donors (Lipinski definition) is 2. The first-order valence-corrected chi connectivity index (χ1v) is 5.21. The zero-order valence-electron chi connectivity index (χ0n) is 7.96. The van der Waals surface area contributed by atoms with Gasteiger partial charge in [0.1, 0.15) is 0 Å². The van der Waals surface area contributed by atoms with Gasteiger partial charge in [-0.05, 0) is 18.2 Å². The summed E-state index contributed by atoms with van der Waals surface area (Å²) in [5.41, 5.74) is 0.916. The number of halogens is 2. The zero-order chi connectivity index (χ0) is 11.9. The predicted molar refractivity (Wildman–Crippen MR) is 59.9 cm³/mol. The number of carboxylic acids is 1. The number of carbonyl (C=O) groups excluding carboxylic acids is 1. The van der Waals surface area contributed by atoms with Gasteiger partial charge in [0.05, 0.1) is 6.42 Å². The number of hydrogen-bond acceptors (Lipinski definition) is 2. The largest absolute Gasteiger partial charge is 0.481 e. The average molecular weight is 260 g/mol. The van der Waals surface area contributed by atoms with Crippen molar-refractivity contribution in [3.05, 3.63) is 28.8 Å². The first-order valence-electron chi connectivity index (χ1n) is 4.45. The first-order chi connectivity index (χ1) is 7.43. The highest BCUT2D eigenvalue weighted by atomic mass is 35.5. The Balaban J connectivity index is 2.53. The van der Waals surface area contributed by atoms with Crippen LogP contribution in [0.2, 0.25) is 5.02 Å². The Labute approximate surface area is 101 Å². The fourth-order valence-corrected chi connectivity index (χ4v) is 2.17. The average Bonchev–Trinajstić information content (AvgIpc) is 2.40. The van der Waals surface area contributed by atoms with Gasteiger partial charge in [0.2, 0.25) is 0 Å². The van der Waals surface area contributed by atoms with E-state index in [-0.39, 0.29) is 0 Å². The summed E-state index contributed by atoms with van der Waals surface area (Å²) in [6, 6.07) is 4.70. The third-order valence-corrected chi connectivity index (χ3v) is 3.16. The third kappa shape index (κ3) is 1.64. The standard InChI is InChI=1S/C10H7Cl2NO3/c11-5-1-2-7-6(3-5)10(12,4-8(14)15)9(16)13-7/h1-3H,4H2,(H,13,16)(H,14,15). The van der Waals surface area contributed by atoms with Crippen LogP contribution in [0.15, 0.2) is 18.2 Å². The number of rotatable bonds is 2. The molecule has 0 saturated heterocycles. The second-order valence-corrected chi connectivity index (χ2v) is 4.60. The summed E-state index contributed by atoms with van der Waals surface area (Å²) < 4.78 is 0. The van der Waals surface area contributed by atoms with Gasteiger partial charge in [-0.3, -0.25) is 9.59 Å². The molecule has 0 saturated carbocycles. The van der Waals surface area contributed by atoms with Crippen LogP contribution in [0.5, 0.6) is 0 Å². The molecule has 1 atom stereocenters. The van der Waals surface area contributed by atoms with Crippen molar-refractivity contribution in [3.8, 4) is 0 Å². The van der Waals surface area contributed by atoms with E-state index in [1.807, 2.05) is 0 Å². The van der Waals surface area contributed by atoms with Crippen molar-refractivity contribution >= 4 is 40.8 Å². The summed E-state index contributed by atoms with van der Waals surface area (Å²) in [7, 11) is 0. The number of alkyl halides is 1. The number of carboxylic acid groups (broad SMARTS) is 1. The lowest BCUT2D eigenvalue weighted by molar-refractivity contribution is -0.139. The highest BCUT2D eigenvalue weighted by molar-refractivity contribution is 6.40. The van der Waals surface area contributed by atoms with Crippen molar-refractivity contribution in [1.82, 2.24) is 0 Å². The van der Waals surface area contributed by atoms with Gasteiger partial charge in [-0.1, -0.05) is 11.6 Å². The van der Waals surface area contributed by atoms with Crippen LogP contribution in [-0.4, -0.2) is 17.0 Å². The molecule has 0 bridgehead atoms. The van der Waals surface area contributed by atoms with Gasteiger partial charge in [0.25, 0.3) is 5.91 Å². The molecule has 0 spiro atoms. The van der Waals surface area contributed by atoms with Gasteiger partial charge < -0.3 is 10.4 Å². The molecule has 84 valence electrons. The van der Waals surface area contributed by atoms with E-state index in [0.717, 1.165) is 0 Å². The second-order valence-electron chi connectivity index (χ2n) is 3.52. The van der Waals surface area contributed by atoms with Gasteiger partial charge in [-0.15, -0.1) is 11.6 Å². The molecule has 2 rings (SSSR count). The molecule has 6 heteroatoms. The molecular weight excluding hydrogens is 253 g/mol. The molecule has 2 N–H and O–H groups in total. The lowest BCUT2D eigenvalue weighted by Crippen LogP contribution is -2.31. The number of fused-ring (bicyclic) bond motifs is 1. The maximum atomic E-state index is 11.7. The fraction of sp³-hybridized carbons (Fsp3) is 0.200. The van der Waals surface area contributed by atoms with Gasteiger partial charge in [0.15, 0.2) is 4.87 Å². The van der Waals surface area contributed by atoms with Gasteiger partial charge in [-0.2, -0.15) is 0 Å². The third-order valence-electron chi connectivity index (χ3n) is 2.41. The zero-order valence-corrected chi connectivity index (χ0v) is 9.47. The maximum absolute atomic E-state index is 11.7. The Morgan fingerprint density at radius 1 is 1.50 bits per heavy atom. The summed E-state index contributed by atoms with van der Waals surface area (Å²) in [5.74, 6) is -1.67. The number of benzene rings is 1. The van der Waals surface area contributed by atoms with E-state index in [1.54, 1.807) is 12.1 Å². The Bertz CT molecular complexity index is 489. The summed E-state index contributed by atoms with van der Waals surface area (Å²) in [6.45, 7) is 0. The van der Waals surface area contributed by atoms with Gasteiger partial charge in [-0.25, -0.2) is 0 Å². The predicted octanol–water partition coefficient (Wildman–Crippen LogP) is 2.20. The van der Waals surface area contributed by atoms with Crippen LogP contribution in [0.1, 0.15) is 12.0 Å². The fourth-order valence-electron chi connectivity index (χ4n) is 1.68. The van der Waals surface area contributed by atoms with E-state index in [9.17, 15) is 9.59 Å². The minimum Gasteiger partial charge on any atom is -0.481 e. The van der Waals surface area contributed by atoms with Crippen molar-refractivity contribution in [1.29, 1.82) is 0 Å². The van der Waals surface area contributed by atoms with Crippen molar-refractivity contribution in [2.75, 3.05) is 5.32 Å². The number of aliphatic carboxylic acids is 1. The highest BCUT2D eigenvalue weighted by Gasteiger charge is 2.47. The molecule has 1 aromatic carbocycles. The molecule has 1 aliphatic rings. The number of carbonyl (C=O) groups is 2. The van der Waals surface area contributed by atoms with Crippen molar-refractivity contribution in [2.24, 2.45) is 0 Å². The second kappa shape index (κ2) is 3.64. The topological polar surface area (TPSA) is 66.4 Å². The van der Waals surface area contributed by atoms with Crippen molar-refractivity contribution in [3.63, 3.8) is 0 Å². The van der Waals surface area contributed by atoms with Gasteiger partial charge in [0, 0.05) is 16.3 Å². The van der Waals surface area contributed by atoms with Gasteiger partial charge >= 0.3 is 5.97 Å².